The molecule has 5 nitrogen and oxygen atoms in total. The molecule has 19 heavy (non-hydrogen) atoms. The molecule has 0 bridgehead atoms. The van der Waals surface area contributed by atoms with Gasteiger partial charge in [0.05, 0.1) is 29.2 Å². The van der Waals surface area contributed by atoms with Crippen LogP contribution in [0.15, 0.2) is 24.4 Å². The summed E-state index contributed by atoms with van der Waals surface area (Å²) in [6.07, 6.45) is 1.75. The molecule has 0 atom stereocenters. The van der Waals surface area contributed by atoms with Gasteiger partial charge in [-0.1, -0.05) is 16.8 Å². The van der Waals surface area contributed by atoms with Crippen LogP contribution in [0.5, 0.6) is 0 Å². The van der Waals surface area contributed by atoms with Gasteiger partial charge in [-0.25, -0.2) is 9.07 Å². The molecular weight excluding hydrogens is 271 g/mol. The normalized spacial score (nSPS) is 10.9. The van der Waals surface area contributed by atoms with Crippen LogP contribution in [-0.4, -0.2) is 35.3 Å². The van der Waals surface area contributed by atoms with Crippen LogP contribution < -0.4 is 5.32 Å². The third kappa shape index (κ3) is 3.73. The summed E-state index contributed by atoms with van der Waals surface area (Å²) >= 11 is 5.96. The highest BCUT2D eigenvalue weighted by molar-refractivity contribution is 6.32. The average molecular weight is 285 g/mol. The number of benzene rings is 1. The van der Waals surface area contributed by atoms with Crippen LogP contribution in [-0.2, 0) is 11.3 Å². The maximum atomic E-state index is 13.0. The number of hydrogen-bond donors (Lipinski definition) is 1. The molecule has 1 aromatic heterocycles. The molecule has 0 aliphatic rings. The smallest absolute Gasteiger partial charge is 0.124 e. The lowest BCUT2D eigenvalue weighted by Gasteiger charge is -2.02. The third-order valence-electron chi connectivity index (χ3n) is 2.49. The van der Waals surface area contributed by atoms with Gasteiger partial charge in [0, 0.05) is 20.2 Å². The van der Waals surface area contributed by atoms with Crippen molar-refractivity contribution in [1.82, 2.24) is 20.3 Å². The molecular formula is C12H14ClFN4O. The Labute approximate surface area is 115 Å². The number of nitrogens with zero attached hydrogens (tertiary/aromatic N) is 3. The number of hydrogen-bond acceptors (Lipinski definition) is 4. The predicted octanol–water partition coefficient (Wildman–Crippen LogP) is 1.80. The molecule has 1 heterocycles. The highest BCUT2D eigenvalue weighted by Crippen LogP contribution is 2.20. The molecule has 1 aromatic carbocycles. The van der Waals surface area contributed by atoms with Crippen LogP contribution >= 0.6 is 11.6 Å². The Morgan fingerprint density at radius 1 is 1.47 bits per heavy atom. The van der Waals surface area contributed by atoms with Gasteiger partial charge in [-0.05, 0) is 18.2 Å². The number of methoxy groups -OCH3 is 1. The largest absolute Gasteiger partial charge is 0.383 e. The zero-order valence-corrected chi connectivity index (χ0v) is 11.2. The zero-order chi connectivity index (χ0) is 13.7. The lowest BCUT2D eigenvalue weighted by atomic mass is 10.3. The molecule has 0 unspecified atom stereocenters. The van der Waals surface area contributed by atoms with Crippen molar-refractivity contribution in [2.45, 2.75) is 6.54 Å². The zero-order valence-electron chi connectivity index (χ0n) is 10.4. The fourth-order valence-electron chi connectivity index (χ4n) is 1.55. The molecule has 0 amide bonds. The molecule has 0 saturated carbocycles. The summed E-state index contributed by atoms with van der Waals surface area (Å²) in [4.78, 5) is 0. The second-order valence-electron chi connectivity index (χ2n) is 3.92. The van der Waals surface area contributed by atoms with E-state index in [9.17, 15) is 4.39 Å². The Kier molecular flexibility index (Phi) is 4.84. The van der Waals surface area contributed by atoms with Crippen molar-refractivity contribution in [3.63, 3.8) is 0 Å². The van der Waals surface area contributed by atoms with Crippen molar-refractivity contribution in [3.8, 4) is 5.69 Å². The van der Waals surface area contributed by atoms with Crippen molar-refractivity contribution in [2.75, 3.05) is 20.3 Å². The van der Waals surface area contributed by atoms with E-state index >= 15 is 0 Å². The fourth-order valence-corrected chi connectivity index (χ4v) is 1.81. The van der Waals surface area contributed by atoms with Crippen LogP contribution in [0.1, 0.15) is 5.69 Å². The van der Waals surface area contributed by atoms with E-state index in [1.165, 1.54) is 16.8 Å². The maximum Gasteiger partial charge on any atom is 0.124 e. The van der Waals surface area contributed by atoms with Gasteiger partial charge in [0.1, 0.15) is 5.82 Å². The molecule has 0 aliphatic carbocycles. The molecule has 2 aromatic rings. The highest BCUT2D eigenvalue weighted by atomic mass is 35.5. The fraction of sp³-hybridized carbons (Fsp3) is 0.333. The molecule has 2 rings (SSSR count). The van der Waals surface area contributed by atoms with Crippen molar-refractivity contribution in [1.29, 1.82) is 0 Å². The number of aromatic nitrogens is 3. The lowest BCUT2D eigenvalue weighted by molar-refractivity contribution is 0.199. The summed E-state index contributed by atoms with van der Waals surface area (Å²) < 4.78 is 19.4. The summed E-state index contributed by atoms with van der Waals surface area (Å²) in [6, 6.07) is 4.14. The first kappa shape index (κ1) is 13.9. The lowest BCUT2D eigenvalue weighted by Crippen LogP contribution is -2.18. The monoisotopic (exact) mass is 284 g/mol. The standard InChI is InChI=1S/C12H14ClFN4O/c1-19-5-4-15-7-10-8-18(17-16-10)12-3-2-9(14)6-11(12)13/h2-3,6,8,15H,4-5,7H2,1H3. The Bertz CT molecular complexity index is 546. The van der Waals surface area contributed by atoms with Gasteiger partial charge in [-0.2, -0.15) is 0 Å². The van der Waals surface area contributed by atoms with E-state index in [2.05, 4.69) is 15.6 Å². The summed E-state index contributed by atoms with van der Waals surface area (Å²) in [5.74, 6) is -0.379. The molecule has 0 radical (unpaired) electrons. The number of nitrogens with one attached hydrogen (secondary N) is 1. The minimum Gasteiger partial charge on any atom is -0.383 e. The van der Waals surface area contributed by atoms with Crippen molar-refractivity contribution >= 4 is 11.6 Å². The summed E-state index contributed by atoms with van der Waals surface area (Å²) in [5, 5.41) is 11.4. The van der Waals surface area contributed by atoms with E-state index in [4.69, 9.17) is 16.3 Å². The topological polar surface area (TPSA) is 52.0 Å². The SMILES string of the molecule is COCCNCc1cn(-c2ccc(F)cc2Cl)nn1. The van der Waals surface area contributed by atoms with E-state index in [0.29, 0.717) is 23.9 Å². The van der Waals surface area contributed by atoms with Crippen LogP contribution in [0.2, 0.25) is 5.02 Å². The van der Waals surface area contributed by atoms with Gasteiger partial charge in [0.25, 0.3) is 0 Å². The highest BCUT2D eigenvalue weighted by Gasteiger charge is 2.07. The van der Waals surface area contributed by atoms with Gasteiger partial charge in [-0.15, -0.1) is 5.10 Å². The van der Waals surface area contributed by atoms with E-state index in [-0.39, 0.29) is 5.82 Å². The molecule has 0 saturated heterocycles. The third-order valence-corrected chi connectivity index (χ3v) is 2.79. The van der Waals surface area contributed by atoms with E-state index < -0.39 is 0 Å². The minimum absolute atomic E-state index is 0.295. The first-order valence-electron chi connectivity index (χ1n) is 5.77. The van der Waals surface area contributed by atoms with Crippen LogP contribution in [0.3, 0.4) is 0 Å². The first-order chi connectivity index (χ1) is 9.20. The van der Waals surface area contributed by atoms with Crippen LogP contribution in [0, 0.1) is 5.82 Å². The van der Waals surface area contributed by atoms with Crippen LogP contribution in [0.4, 0.5) is 4.39 Å². The Morgan fingerprint density at radius 2 is 2.32 bits per heavy atom. The average Bonchev–Trinajstić information content (AvgIpc) is 2.83. The minimum atomic E-state index is -0.379. The van der Waals surface area contributed by atoms with Crippen molar-refractivity contribution in [2.24, 2.45) is 0 Å². The molecule has 1 N–H and O–H groups in total. The van der Waals surface area contributed by atoms with Crippen LogP contribution in [0.25, 0.3) is 5.69 Å². The van der Waals surface area contributed by atoms with E-state index in [0.717, 1.165) is 12.2 Å². The van der Waals surface area contributed by atoms with E-state index in [1.807, 2.05) is 0 Å². The van der Waals surface area contributed by atoms with E-state index in [1.54, 1.807) is 19.4 Å². The Balaban J connectivity index is 2.04. The van der Waals surface area contributed by atoms with Gasteiger partial charge >= 0.3 is 0 Å². The molecule has 0 fully saturated rings. The van der Waals surface area contributed by atoms with Gasteiger partial charge in [-0.3, -0.25) is 0 Å². The first-order valence-corrected chi connectivity index (χ1v) is 6.15. The predicted molar refractivity (Wildman–Crippen MR) is 69.9 cm³/mol. The van der Waals surface area contributed by atoms with Crippen molar-refractivity contribution in [3.05, 3.63) is 40.9 Å². The number of ether oxygens (including phenoxy) is 1. The molecule has 7 heteroatoms. The Hall–Kier alpha value is -1.50. The number of halogens is 2. The Morgan fingerprint density at radius 3 is 3.05 bits per heavy atom. The second kappa shape index (κ2) is 6.60. The maximum absolute atomic E-state index is 13.0. The number of rotatable bonds is 6. The van der Waals surface area contributed by atoms with Gasteiger partial charge in [0.2, 0.25) is 0 Å². The second-order valence-corrected chi connectivity index (χ2v) is 4.33. The van der Waals surface area contributed by atoms with Crippen molar-refractivity contribution < 1.29 is 9.13 Å². The summed E-state index contributed by atoms with van der Waals surface area (Å²) in [6.45, 7) is 1.96. The summed E-state index contributed by atoms with van der Waals surface area (Å²) in [5.41, 5.74) is 1.37. The molecule has 0 aliphatic heterocycles. The summed E-state index contributed by atoms with van der Waals surface area (Å²) in [7, 11) is 1.65. The molecule has 102 valence electrons. The quantitative estimate of drug-likeness (QED) is 0.822. The van der Waals surface area contributed by atoms with Gasteiger partial charge in [0.15, 0.2) is 0 Å². The van der Waals surface area contributed by atoms with Gasteiger partial charge < -0.3 is 10.1 Å². The molecule has 0 spiro atoms.